The lowest BCUT2D eigenvalue weighted by molar-refractivity contribution is 0.100. The highest BCUT2D eigenvalue weighted by atomic mass is 16.2. The second-order valence-corrected chi connectivity index (χ2v) is 7.81. The van der Waals surface area contributed by atoms with Crippen LogP contribution >= 0.6 is 0 Å². The fourth-order valence-corrected chi connectivity index (χ4v) is 4.44. The van der Waals surface area contributed by atoms with E-state index in [0.717, 1.165) is 44.1 Å². The molecule has 2 aromatic heterocycles. The molecule has 1 aromatic carbocycles. The maximum Gasteiger partial charge on any atom is 0.293 e. The Morgan fingerprint density at radius 1 is 1.14 bits per heavy atom. The highest BCUT2D eigenvalue weighted by molar-refractivity contribution is 6.01. The SMILES string of the molecule is Cn1cc(CN2CC3Cc4nnc(C(=O)Nc5ccccc5)n4CC3C2)cn1. The van der Waals surface area contributed by atoms with Gasteiger partial charge in [0.05, 0.1) is 6.20 Å². The van der Waals surface area contributed by atoms with Crippen LogP contribution in [-0.4, -0.2) is 48.4 Å². The number of carbonyl (C=O) groups is 1. The van der Waals surface area contributed by atoms with Crippen LogP contribution in [0.15, 0.2) is 42.7 Å². The van der Waals surface area contributed by atoms with Crippen LogP contribution in [0.3, 0.4) is 0 Å². The summed E-state index contributed by atoms with van der Waals surface area (Å²) in [5.41, 5.74) is 2.01. The molecule has 1 saturated heterocycles. The fourth-order valence-electron chi connectivity index (χ4n) is 4.44. The van der Waals surface area contributed by atoms with Crippen molar-refractivity contribution in [3.8, 4) is 0 Å². The van der Waals surface area contributed by atoms with E-state index >= 15 is 0 Å². The number of nitrogens with one attached hydrogen (secondary N) is 1. The molecule has 0 saturated carbocycles. The van der Waals surface area contributed by atoms with E-state index in [2.05, 4.69) is 31.7 Å². The number of aromatic nitrogens is 5. The third kappa shape index (κ3) is 3.20. The van der Waals surface area contributed by atoms with E-state index in [-0.39, 0.29) is 5.91 Å². The Kier molecular flexibility index (Phi) is 4.20. The van der Waals surface area contributed by atoms with E-state index in [1.54, 1.807) is 0 Å². The first-order valence-electron chi connectivity index (χ1n) is 9.64. The number of hydrogen-bond acceptors (Lipinski definition) is 5. The summed E-state index contributed by atoms with van der Waals surface area (Å²) in [6.45, 7) is 3.80. The largest absolute Gasteiger partial charge is 0.319 e. The molecule has 144 valence electrons. The molecule has 0 radical (unpaired) electrons. The second kappa shape index (κ2) is 6.87. The van der Waals surface area contributed by atoms with Crippen LogP contribution in [0.25, 0.3) is 0 Å². The van der Waals surface area contributed by atoms with Crippen molar-refractivity contribution in [3.63, 3.8) is 0 Å². The minimum atomic E-state index is -0.200. The number of anilines is 1. The Bertz CT molecular complexity index is 993. The molecule has 2 aliphatic heterocycles. The predicted octanol–water partition coefficient (Wildman–Crippen LogP) is 1.57. The Morgan fingerprint density at radius 3 is 2.75 bits per heavy atom. The molecule has 0 bridgehead atoms. The lowest BCUT2D eigenvalue weighted by atomic mass is 9.89. The van der Waals surface area contributed by atoms with Gasteiger partial charge in [-0.2, -0.15) is 5.10 Å². The van der Waals surface area contributed by atoms with Crippen LogP contribution in [0.2, 0.25) is 0 Å². The first kappa shape index (κ1) is 17.1. The molecule has 2 aliphatic rings. The molecular weight excluding hydrogens is 354 g/mol. The Balaban J connectivity index is 1.28. The summed E-state index contributed by atoms with van der Waals surface area (Å²) in [7, 11) is 1.95. The highest BCUT2D eigenvalue weighted by Gasteiger charge is 2.39. The molecular formula is C20H23N7O. The zero-order valence-electron chi connectivity index (χ0n) is 15.8. The van der Waals surface area contributed by atoms with Crippen LogP contribution in [0.1, 0.15) is 22.0 Å². The minimum absolute atomic E-state index is 0.200. The van der Waals surface area contributed by atoms with Crippen LogP contribution in [0.4, 0.5) is 5.69 Å². The smallest absolute Gasteiger partial charge is 0.293 e. The summed E-state index contributed by atoms with van der Waals surface area (Å²) < 4.78 is 3.85. The van der Waals surface area contributed by atoms with Gasteiger partial charge in [-0.15, -0.1) is 10.2 Å². The maximum atomic E-state index is 12.7. The molecule has 2 unspecified atom stereocenters. The van der Waals surface area contributed by atoms with Crippen LogP contribution in [0.5, 0.6) is 0 Å². The molecule has 4 heterocycles. The normalized spacial score (nSPS) is 21.3. The first-order valence-corrected chi connectivity index (χ1v) is 9.64. The Morgan fingerprint density at radius 2 is 1.96 bits per heavy atom. The second-order valence-electron chi connectivity index (χ2n) is 7.81. The molecule has 28 heavy (non-hydrogen) atoms. The first-order chi connectivity index (χ1) is 13.7. The lowest BCUT2D eigenvalue weighted by Gasteiger charge is -2.25. The van der Waals surface area contributed by atoms with E-state index in [1.165, 1.54) is 5.56 Å². The number of benzene rings is 1. The molecule has 0 spiro atoms. The molecule has 8 nitrogen and oxygen atoms in total. The number of rotatable bonds is 4. The maximum absolute atomic E-state index is 12.7. The number of amides is 1. The van der Waals surface area contributed by atoms with Gasteiger partial charge in [-0.1, -0.05) is 18.2 Å². The monoisotopic (exact) mass is 377 g/mol. The van der Waals surface area contributed by atoms with Gasteiger partial charge in [-0.25, -0.2) is 0 Å². The fraction of sp³-hybridized carbons (Fsp3) is 0.400. The average molecular weight is 377 g/mol. The van der Waals surface area contributed by atoms with Crippen LogP contribution in [-0.2, 0) is 26.6 Å². The number of aryl methyl sites for hydroxylation is 1. The minimum Gasteiger partial charge on any atom is -0.319 e. The van der Waals surface area contributed by atoms with E-state index in [9.17, 15) is 4.79 Å². The summed E-state index contributed by atoms with van der Waals surface area (Å²) in [6, 6.07) is 9.46. The number of para-hydroxylation sites is 1. The number of likely N-dealkylation sites (tertiary alicyclic amines) is 1. The van der Waals surface area contributed by atoms with Crippen molar-refractivity contribution in [1.29, 1.82) is 0 Å². The molecule has 1 N–H and O–H groups in total. The van der Waals surface area contributed by atoms with Gasteiger partial charge in [0.2, 0.25) is 5.82 Å². The average Bonchev–Trinajstić information content (AvgIpc) is 3.38. The van der Waals surface area contributed by atoms with Gasteiger partial charge < -0.3 is 9.88 Å². The van der Waals surface area contributed by atoms with Crippen molar-refractivity contribution < 1.29 is 4.79 Å². The van der Waals surface area contributed by atoms with Gasteiger partial charge in [0, 0.05) is 57.1 Å². The van der Waals surface area contributed by atoms with Crippen LogP contribution in [0, 0.1) is 11.8 Å². The third-order valence-corrected chi connectivity index (χ3v) is 5.74. The standard InChI is InChI=1S/C20H23N7O/c1-25-9-14(8-21-25)10-26-11-15-7-18-23-24-19(27(18)13-16(15)12-26)20(28)22-17-5-3-2-4-6-17/h2-6,8-9,15-16H,7,10-13H2,1H3,(H,22,28). The molecule has 1 amide bonds. The molecule has 2 atom stereocenters. The molecule has 3 aromatic rings. The number of carbonyl (C=O) groups excluding carboxylic acids is 1. The van der Waals surface area contributed by atoms with Gasteiger partial charge in [-0.3, -0.25) is 14.4 Å². The van der Waals surface area contributed by atoms with Crippen molar-refractivity contribution in [2.75, 3.05) is 18.4 Å². The summed E-state index contributed by atoms with van der Waals surface area (Å²) in [5, 5.41) is 15.7. The molecule has 1 fully saturated rings. The highest BCUT2D eigenvalue weighted by Crippen LogP contribution is 2.33. The third-order valence-electron chi connectivity index (χ3n) is 5.74. The van der Waals surface area contributed by atoms with Crippen molar-refractivity contribution >= 4 is 11.6 Å². The van der Waals surface area contributed by atoms with E-state index in [1.807, 2.05) is 52.8 Å². The van der Waals surface area contributed by atoms with Crippen molar-refractivity contribution in [1.82, 2.24) is 29.4 Å². The van der Waals surface area contributed by atoms with Crippen molar-refractivity contribution in [3.05, 3.63) is 59.9 Å². The zero-order valence-corrected chi connectivity index (χ0v) is 15.8. The zero-order chi connectivity index (χ0) is 19.1. The quantitative estimate of drug-likeness (QED) is 0.746. The lowest BCUT2D eigenvalue weighted by Crippen LogP contribution is -2.31. The summed E-state index contributed by atoms with van der Waals surface area (Å²) in [5.74, 6) is 2.21. The van der Waals surface area contributed by atoms with Crippen LogP contribution < -0.4 is 5.32 Å². The Hall–Kier alpha value is -3.00. The van der Waals surface area contributed by atoms with E-state index in [0.29, 0.717) is 17.7 Å². The molecule has 5 rings (SSSR count). The van der Waals surface area contributed by atoms with Crippen molar-refractivity contribution in [2.24, 2.45) is 18.9 Å². The molecule has 8 heteroatoms. The van der Waals surface area contributed by atoms with Gasteiger partial charge in [0.25, 0.3) is 5.91 Å². The van der Waals surface area contributed by atoms with Gasteiger partial charge in [0.1, 0.15) is 5.82 Å². The molecule has 0 aliphatic carbocycles. The van der Waals surface area contributed by atoms with E-state index < -0.39 is 0 Å². The van der Waals surface area contributed by atoms with Gasteiger partial charge in [0.15, 0.2) is 0 Å². The predicted molar refractivity (Wildman–Crippen MR) is 104 cm³/mol. The number of nitrogens with zero attached hydrogens (tertiary/aromatic N) is 6. The number of hydrogen-bond donors (Lipinski definition) is 1. The summed E-state index contributed by atoms with van der Waals surface area (Å²) in [6.07, 6.45) is 4.88. The van der Waals surface area contributed by atoms with Gasteiger partial charge >= 0.3 is 0 Å². The topological polar surface area (TPSA) is 80.9 Å². The number of fused-ring (bicyclic) bond motifs is 2. The Labute approximate surface area is 163 Å². The van der Waals surface area contributed by atoms with Gasteiger partial charge in [-0.05, 0) is 24.0 Å². The van der Waals surface area contributed by atoms with E-state index in [4.69, 9.17) is 0 Å². The summed E-state index contributed by atoms with van der Waals surface area (Å²) in [4.78, 5) is 15.2. The summed E-state index contributed by atoms with van der Waals surface area (Å²) >= 11 is 0. The van der Waals surface area contributed by atoms with Crippen molar-refractivity contribution in [2.45, 2.75) is 19.5 Å².